The van der Waals surface area contributed by atoms with Crippen LogP contribution < -0.4 is 15.0 Å². The van der Waals surface area contributed by atoms with Gasteiger partial charge in [0.1, 0.15) is 5.75 Å². The Labute approximate surface area is 160 Å². The van der Waals surface area contributed by atoms with Gasteiger partial charge in [0.25, 0.3) is 0 Å². The molecule has 0 aromatic heterocycles. The van der Waals surface area contributed by atoms with Crippen LogP contribution in [0.2, 0.25) is 0 Å². The van der Waals surface area contributed by atoms with Crippen LogP contribution in [0, 0.1) is 11.8 Å². The number of ether oxygens (including phenoxy) is 1. The van der Waals surface area contributed by atoms with Crippen molar-refractivity contribution in [2.24, 2.45) is 11.8 Å². The lowest BCUT2D eigenvalue weighted by Crippen LogP contribution is -2.49. The van der Waals surface area contributed by atoms with Crippen LogP contribution >= 0.6 is 0 Å². The minimum absolute atomic E-state index is 0.0907. The van der Waals surface area contributed by atoms with Gasteiger partial charge in [0.05, 0.1) is 24.6 Å². The van der Waals surface area contributed by atoms with Gasteiger partial charge in [-0.05, 0) is 31.4 Å². The van der Waals surface area contributed by atoms with Crippen molar-refractivity contribution < 1.29 is 14.3 Å². The number of benzene rings is 1. The Balaban J connectivity index is 1.27. The monoisotopic (exact) mass is 371 g/mol. The number of methoxy groups -OCH3 is 1. The second-order valence-corrected chi connectivity index (χ2v) is 7.92. The molecule has 6 nitrogen and oxygen atoms in total. The van der Waals surface area contributed by atoms with Crippen molar-refractivity contribution in [3.05, 3.63) is 24.3 Å². The van der Waals surface area contributed by atoms with Crippen LogP contribution in [-0.4, -0.2) is 56.0 Å². The van der Waals surface area contributed by atoms with E-state index in [1.54, 1.807) is 7.11 Å². The number of hydrogen-bond donors (Lipinski definition) is 1. The van der Waals surface area contributed by atoms with E-state index >= 15 is 0 Å². The van der Waals surface area contributed by atoms with E-state index in [4.69, 9.17) is 4.74 Å². The number of hydrogen-bond acceptors (Lipinski definition) is 4. The van der Waals surface area contributed by atoms with Crippen molar-refractivity contribution in [1.29, 1.82) is 0 Å². The number of carbonyl (C=O) groups excluding carboxylic acids is 2. The van der Waals surface area contributed by atoms with E-state index in [0.29, 0.717) is 25.6 Å². The van der Waals surface area contributed by atoms with E-state index in [2.05, 4.69) is 16.3 Å². The Morgan fingerprint density at radius 3 is 2.44 bits per heavy atom. The van der Waals surface area contributed by atoms with Crippen LogP contribution in [0.4, 0.5) is 5.69 Å². The Kier molecular flexibility index (Phi) is 5.23. The number of amides is 2. The molecule has 0 spiro atoms. The fourth-order valence-electron chi connectivity index (χ4n) is 4.43. The summed E-state index contributed by atoms with van der Waals surface area (Å²) in [4.78, 5) is 29.3. The van der Waals surface area contributed by atoms with Crippen LogP contribution in [0.1, 0.15) is 32.1 Å². The number of anilines is 1. The van der Waals surface area contributed by atoms with E-state index < -0.39 is 0 Å². The van der Waals surface area contributed by atoms with Gasteiger partial charge in [-0.2, -0.15) is 0 Å². The maximum atomic E-state index is 12.8. The summed E-state index contributed by atoms with van der Waals surface area (Å²) in [6.45, 7) is 2.98. The molecular formula is C21H29N3O3. The summed E-state index contributed by atoms with van der Waals surface area (Å²) in [7, 11) is 1.68. The summed E-state index contributed by atoms with van der Waals surface area (Å²) in [5, 5.41) is 3.14. The molecule has 2 unspecified atom stereocenters. The average molecular weight is 371 g/mol. The summed E-state index contributed by atoms with van der Waals surface area (Å²) < 4.78 is 5.45. The molecule has 146 valence electrons. The van der Waals surface area contributed by atoms with Gasteiger partial charge in [-0.15, -0.1) is 0 Å². The lowest BCUT2D eigenvalue weighted by molar-refractivity contribution is -0.135. The maximum Gasteiger partial charge on any atom is 0.226 e. The molecule has 2 saturated carbocycles. The van der Waals surface area contributed by atoms with Gasteiger partial charge in [-0.25, -0.2) is 0 Å². The van der Waals surface area contributed by atoms with Gasteiger partial charge >= 0.3 is 0 Å². The summed E-state index contributed by atoms with van der Waals surface area (Å²) in [5.74, 6) is 0.895. The number of piperazine rings is 1. The largest absolute Gasteiger partial charge is 0.495 e. The molecule has 1 aromatic carbocycles. The van der Waals surface area contributed by atoms with Gasteiger partial charge in [0.2, 0.25) is 11.8 Å². The van der Waals surface area contributed by atoms with Crippen molar-refractivity contribution in [1.82, 2.24) is 10.2 Å². The van der Waals surface area contributed by atoms with Gasteiger partial charge in [0.15, 0.2) is 0 Å². The lowest BCUT2D eigenvalue weighted by atomic mass is 10.2. The quantitative estimate of drug-likeness (QED) is 0.860. The summed E-state index contributed by atoms with van der Waals surface area (Å²) >= 11 is 0. The molecule has 2 atom stereocenters. The Morgan fingerprint density at radius 2 is 1.74 bits per heavy atom. The fraction of sp³-hybridized carbons (Fsp3) is 0.619. The predicted octanol–water partition coefficient (Wildman–Crippen LogP) is 2.04. The Morgan fingerprint density at radius 1 is 1.04 bits per heavy atom. The first-order valence-electron chi connectivity index (χ1n) is 10.1. The van der Waals surface area contributed by atoms with Gasteiger partial charge < -0.3 is 19.9 Å². The molecular weight excluding hydrogens is 342 g/mol. The highest BCUT2D eigenvalue weighted by atomic mass is 16.5. The summed E-state index contributed by atoms with van der Waals surface area (Å²) in [6, 6.07) is 8.32. The number of rotatable bonds is 5. The SMILES string of the molecule is COc1ccccc1N1CCN(C(=O)C2CC2C(=O)NC2CCCC2)CC1. The van der Waals surface area contributed by atoms with Crippen LogP contribution in [0.5, 0.6) is 5.75 Å². The third kappa shape index (κ3) is 3.89. The molecule has 6 heteroatoms. The van der Waals surface area contributed by atoms with E-state index in [1.165, 1.54) is 12.8 Å². The first-order chi connectivity index (χ1) is 13.2. The first-order valence-corrected chi connectivity index (χ1v) is 10.1. The minimum Gasteiger partial charge on any atom is -0.495 e. The molecule has 3 aliphatic rings. The lowest BCUT2D eigenvalue weighted by Gasteiger charge is -2.36. The van der Waals surface area contributed by atoms with E-state index in [0.717, 1.165) is 37.4 Å². The third-order valence-electron chi connectivity index (χ3n) is 6.16. The van der Waals surface area contributed by atoms with Crippen LogP contribution in [0.3, 0.4) is 0 Å². The highest BCUT2D eigenvalue weighted by molar-refractivity contribution is 5.92. The molecule has 1 aliphatic heterocycles. The molecule has 1 aromatic rings. The van der Waals surface area contributed by atoms with Crippen LogP contribution in [0.25, 0.3) is 0 Å². The van der Waals surface area contributed by atoms with Crippen molar-refractivity contribution in [3.63, 3.8) is 0 Å². The smallest absolute Gasteiger partial charge is 0.226 e. The molecule has 1 N–H and O–H groups in total. The van der Waals surface area contributed by atoms with Gasteiger partial charge in [-0.1, -0.05) is 25.0 Å². The van der Waals surface area contributed by atoms with E-state index in [9.17, 15) is 9.59 Å². The normalized spacial score (nSPS) is 25.4. The fourth-order valence-corrected chi connectivity index (χ4v) is 4.43. The van der Waals surface area contributed by atoms with Crippen molar-refractivity contribution in [2.75, 3.05) is 38.2 Å². The van der Waals surface area contributed by atoms with E-state index in [1.807, 2.05) is 23.1 Å². The van der Waals surface area contributed by atoms with Crippen molar-refractivity contribution in [3.8, 4) is 5.75 Å². The van der Waals surface area contributed by atoms with Crippen LogP contribution in [-0.2, 0) is 9.59 Å². The minimum atomic E-state index is -0.107. The molecule has 27 heavy (non-hydrogen) atoms. The highest BCUT2D eigenvalue weighted by Gasteiger charge is 2.50. The van der Waals surface area contributed by atoms with E-state index in [-0.39, 0.29) is 23.7 Å². The Hall–Kier alpha value is -2.24. The zero-order chi connectivity index (χ0) is 18.8. The number of nitrogens with zero attached hydrogens (tertiary/aromatic N) is 2. The zero-order valence-electron chi connectivity index (χ0n) is 16.0. The molecule has 1 heterocycles. The van der Waals surface area contributed by atoms with Crippen molar-refractivity contribution in [2.45, 2.75) is 38.1 Å². The van der Waals surface area contributed by atoms with Crippen molar-refractivity contribution >= 4 is 17.5 Å². The van der Waals surface area contributed by atoms with Gasteiger partial charge in [0, 0.05) is 32.2 Å². The molecule has 1 saturated heterocycles. The second-order valence-electron chi connectivity index (χ2n) is 7.92. The summed E-state index contributed by atoms with van der Waals surface area (Å²) in [5.41, 5.74) is 1.08. The van der Waals surface area contributed by atoms with Gasteiger partial charge in [-0.3, -0.25) is 9.59 Å². The molecule has 2 aliphatic carbocycles. The first kappa shape index (κ1) is 18.1. The number of carbonyl (C=O) groups is 2. The highest BCUT2D eigenvalue weighted by Crippen LogP contribution is 2.41. The third-order valence-corrected chi connectivity index (χ3v) is 6.16. The van der Waals surface area contributed by atoms with Crippen LogP contribution in [0.15, 0.2) is 24.3 Å². The zero-order valence-corrected chi connectivity index (χ0v) is 16.0. The molecule has 0 radical (unpaired) electrons. The topological polar surface area (TPSA) is 61.9 Å². The number of para-hydroxylation sites is 2. The number of nitrogens with one attached hydrogen (secondary N) is 1. The molecule has 4 rings (SSSR count). The second kappa shape index (κ2) is 7.79. The summed E-state index contributed by atoms with van der Waals surface area (Å²) in [6.07, 6.45) is 5.29. The average Bonchev–Trinajstić information content (AvgIpc) is 3.36. The predicted molar refractivity (Wildman–Crippen MR) is 104 cm³/mol. The molecule has 0 bridgehead atoms. The maximum absolute atomic E-state index is 12.8. The standard InChI is InChI=1S/C21H29N3O3/c1-27-19-9-5-4-8-18(19)23-10-12-24(13-11-23)21(26)17-14-16(17)20(25)22-15-6-2-3-7-15/h4-5,8-9,15-17H,2-3,6-7,10-14H2,1H3,(H,22,25). The Bertz CT molecular complexity index is 694. The molecule has 2 amide bonds. The molecule has 3 fully saturated rings.